The maximum absolute atomic E-state index is 12.6. The number of piperidine rings is 1. The van der Waals surface area contributed by atoms with Crippen molar-refractivity contribution in [2.75, 3.05) is 37.7 Å². The van der Waals surface area contributed by atoms with Crippen molar-refractivity contribution in [3.8, 4) is 5.88 Å². The van der Waals surface area contributed by atoms with Gasteiger partial charge in [0.1, 0.15) is 17.1 Å². The van der Waals surface area contributed by atoms with E-state index in [0.717, 1.165) is 31.7 Å². The SMILES string of the molecule is C=C/C=C\C=C(/N)c1cc(CN2CCC(CNC(=O)c3cc(N)c(N)c(OCC)n3)CC2)on1. The van der Waals surface area contributed by atoms with Gasteiger partial charge in [0, 0.05) is 12.6 Å². The lowest BCUT2D eigenvalue weighted by atomic mass is 9.96. The van der Waals surface area contributed by atoms with Crippen molar-refractivity contribution in [1.29, 1.82) is 0 Å². The Morgan fingerprint density at radius 1 is 1.29 bits per heavy atom. The summed E-state index contributed by atoms with van der Waals surface area (Å²) in [6.07, 6.45) is 8.94. The maximum Gasteiger partial charge on any atom is 0.270 e. The third-order valence-corrected chi connectivity index (χ3v) is 5.58. The monoisotopic (exact) mass is 467 g/mol. The first-order chi connectivity index (χ1) is 16.4. The van der Waals surface area contributed by atoms with Crippen molar-refractivity contribution in [2.45, 2.75) is 26.3 Å². The van der Waals surface area contributed by atoms with Crippen LogP contribution in [0.4, 0.5) is 11.4 Å². The van der Waals surface area contributed by atoms with Crippen LogP contribution in [0.2, 0.25) is 0 Å². The molecule has 0 radical (unpaired) electrons. The van der Waals surface area contributed by atoms with Gasteiger partial charge in [-0.05, 0) is 50.9 Å². The minimum atomic E-state index is -0.294. The fraction of sp³-hybridized carbons (Fsp3) is 0.375. The van der Waals surface area contributed by atoms with Crippen molar-refractivity contribution >= 4 is 23.0 Å². The summed E-state index contributed by atoms with van der Waals surface area (Å²) in [4.78, 5) is 19.1. The minimum Gasteiger partial charge on any atom is -0.476 e. The number of nitrogens with two attached hydrogens (primary N) is 3. The van der Waals surface area contributed by atoms with Crippen LogP contribution in [0.5, 0.6) is 5.88 Å². The smallest absolute Gasteiger partial charge is 0.270 e. The van der Waals surface area contributed by atoms with E-state index in [2.05, 4.69) is 26.9 Å². The molecule has 2 aromatic rings. The standard InChI is InChI=1S/C24H33N7O3/c1-3-5-6-7-18(25)20-12-17(34-30-20)15-31-10-8-16(9-11-31)14-28-23(32)21-13-19(26)22(27)24(29-21)33-4-2/h3,5-7,12-13,16H,1,4,8-11,14-15,25,27H2,2H3,(H2,26,29)(H,28,32)/b6-5-,18-7-. The first kappa shape index (κ1) is 24.8. The lowest BCUT2D eigenvalue weighted by Crippen LogP contribution is -2.38. The van der Waals surface area contributed by atoms with Crippen LogP contribution >= 0.6 is 0 Å². The lowest BCUT2D eigenvalue weighted by molar-refractivity contribution is 0.0927. The second-order valence-corrected chi connectivity index (χ2v) is 8.10. The number of carbonyl (C=O) groups excluding carboxylic acids is 1. The molecule has 0 aliphatic carbocycles. The molecule has 0 unspecified atom stereocenters. The molecule has 3 heterocycles. The Morgan fingerprint density at radius 3 is 2.76 bits per heavy atom. The summed E-state index contributed by atoms with van der Waals surface area (Å²) in [5, 5.41) is 7.00. The molecule has 1 fully saturated rings. The van der Waals surface area contributed by atoms with Crippen LogP contribution in [0.15, 0.2) is 47.5 Å². The van der Waals surface area contributed by atoms with Crippen LogP contribution in [0.25, 0.3) is 5.70 Å². The van der Waals surface area contributed by atoms with E-state index in [1.54, 1.807) is 24.3 Å². The summed E-state index contributed by atoms with van der Waals surface area (Å²) >= 11 is 0. The summed E-state index contributed by atoms with van der Waals surface area (Å²) in [6, 6.07) is 3.33. The molecule has 1 aliphatic rings. The molecule has 2 aromatic heterocycles. The molecule has 0 atom stereocenters. The van der Waals surface area contributed by atoms with Gasteiger partial charge in [-0.15, -0.1) is 0 Å². The van der Waals surface area contributed by atoms with E-state index in [0.29, 0.717) is 37.0 Å². The van der Waals surface area contributed by atoms with Crippen molar-refractivity contribution in [3.63, 3.8) is 0 Å². The van der Waals surface area contributed by atoms with Gasteiger partial charge < -0.3 is 31.8 Å². The molecule has 7 N–H and O–H groups in total. The molecule has 1 amide bonds. The molecule has 34 heavy (non-hydrogen) atoms. The number of hydrogen-bond acceptors (Lipinski definition) is 9. The third kappa shape index (κ3) is 6.61. The number of carbonyl (C=O) groups is 1. The number of likely N-dealkylation sites (tertiary alicyclic amines) is 1. The number of pyridine rings is 1. The number of rotatable bonds is 10. The minimum absolute atomic E-state index is 0.182. The normalized spacial score (nSPS) is 15.5. The molecule has 1 aliphatic heterocycles. The molecule has 10 heteroatoms. The summed E-state index contributed by atoms with van der Waals surface area (Å²) in [7, 11) is 0. The Morgan fingerprint density at radius 2 is 2.06 bits per heavy atom. The highest BCUT2D eigenvalue weighted by Crippen LogP contribution is 2.26. The molecule has 0 aromatic carbocycles. The van der Waals surface area contributed by atoms with Crippen molar-refractivity contribution in [1.82, 2.24) is 20.4 Å². The summed E-state index contributed by atoms with van der Waals surface area (Å²) in [6.45, 7) is 8.83. The average Bonchev–Trinajstić information content (AvgIpc) is 3.30. The topological polar surface area (TPSA) is 159 Å². The molecule has 10 nitrogen and oxygen atoms in total. The van der Waals surface area contributed by atoms with E-state index in [1.807, 2.05) is 13.0 Å². The summed E-state index contributed by atoms with van der Waals surface area (Å²) in [5.74, 6) is 1.03. The first-order valence-electron chi connectivity index (χ1n) is 11.3. The van der Waals surface area contributed by atoms with Crippen molar-refractivity contribution < 1.29 is 14.1 Å². The molecule has 1 saturated heterocycles. The second kappa shape index (κ2) is 11.9. The van der Waals surface area contributed by atoms with E-state index in [4.69, 9.17) is 26.5 Å². The number of allylic oxidation sites excluding steroid dienone is 4. The molecule has 3 rings (SSSR count). The Hall–Kier alpha value is -3.79. The van der Waals surface area contributed by atoms with E-state index >= 15 is 0 Å². The number of ether oxygens (including phenoxy) is 1. The Balaban J connectivity index is 1.46. The predicted molar refractivity (Wildman–Crippen MR) is 133 cm³/mol. The van der Waals surface area contributed by atoms with Crippen LogP contribution in [-0.2, 0) is 6.54 Å². The van der Waals surface area contributed by atoms with Gasteiger partial charge in [0.25, 0.3) is 5.91 Å². The van der Waals surface area contributed by atoms with Crippen LogP contribution < -0.4 is 27.3 Å². The van der Waals surface area contributed by atoms with E-state index in [1.165, 1.54) is 6.07 Å². The Bertz CT molecular complexity index is 1050. The van der Waals surface area contributed by atoms with Crippen LogP contribution in [0.1, 0.15) is 41.7 Å². The van der Waals surface area contributed by atoms with Gasteiger partial charge in [-0.3, -0.25) is 9.69 Å². The number of nitrogens with one attached hydrogen (secondary N) is 1. The number of hydrogen-bond donors (Lipinski definition) is 4. The molecule has 0 bridgehead atoms. The van der Waals surface area contributed by atoms with Crippen LogP contribution in [0, 0.1) is 5.92 Å². The summed E-state index contributed by atoms with van der Waals surface area (Å²) < 4.78 is 10.8. The average molecular weight is 468 g/mol. The lowest BCUT2D eigenvalue weighted by Gasteiger charge is -2.31. The van der Waals surface area contributed by atoms with Gasteiger partial charge in [-0.2, -0.15) is 0 Å². The highest BCUT2D eigenvalue weighted by molar-refractivity contribution is 5.94. The van der Waals surface area contributed by atoms with Crippen molar-refractivity contribution in [3.05, 3.63) is 60.2 Å². The van der Waals surface area contributed by atoms with E-state index < -0.39 is 0 Å². The zero-order chi connectivity index (χ0) is 24.5. The predicted octanol–water partition coefficient (Wildman–Crippen LogP) is 2.32. The fourth-order valence-electron chi connectivity index (χ4n) is 3.66. The van der Waals surface area contributed by atoms with E-state index in [9.17, 15) is 4.79 Å². The van der Waals surface area contributed by atoms with Gasteiger partial charge in [0.15, 0.2) is 5.76 Å². The molecule has 182 valence electrons. The first-order valence-corrected chi connectivity index (χ1v) is 11.3. The van der Waals surface area contributed by atoms with Gasteiger partial charge in [0.05, 0.1) is 24.5 Å². The van der Waals surface area contributed by atoms with Gasteiger partial charge in [-0.25, -0.2) is 4.98 Å². The van der Waals surface area contributed by atoms with Gasteiger partial charge in [-0.1, -0.05) is 30.0 Å². The zero-order valence-electron chi connectivity index (χ0n) is 19.5. The molecular weight excluding hydrogens is 434 g/mol. The highest BCUT2D eigenvalue weighted by atomic mass is 16.5. The largest absolute Gasteiger partial charge is 0.476 e. The third-order valence-electron chi connectivity index (χ3n) is 5.58. The fourth-order valence-corrected chi connectivity index (χ4v) is 3.66. The van der Waals surface area contributed by atoms with Crippen molar-refractivity contribution in [2.24, 2.45) is 11.7 Å². The highest BCUT2D eigenvalue weighted by Gasteiger charge is 2.22. The van der Waals surface area contributed by atoms with Gasteiger partial charge >= 0.3 is 0 Å². The molecule has 0 saturated carbocycles. The van der Waals surface area contributed by atoms with E-state index in [-0.39, 0.29) is 28.9 Å². The second-order valence-electron chi connectivity index (χ2n) is 8.10. The number of amides is 1. The summed E-state index contributed by atoms with van der Waals surface area (Å²) in [5.41, 5.74) is 19.6. The molecule has 0 spiro atoms. The number of aromatic nitrogens is 2. The Kier molecular flexibility index (Phi) is 8.69. The zero-order valence-corrected chi connectivity index (χ0v) is 19.5. The number of nitrogen functional groups attached to an aromatic ring is 2. The molecular formula is C24H33N7O3. The Labute approximate surface area is 199 Å². The quantitative estimate of drug-likeness (QED) is 0.385. The van der Waals surface area contributed by atoms with Crippen LogP contribution in [0.3, 0.4) is 0 Å². The van der Waals surface area contributed by atoms with Gasteiger partial charge in [0.2, 0.25) is 5.88 Å². The number of nitrogens with zero attached hydrogens (tertiary/aromatic N) is 3. The van der Waals surface area contributed by atoms with Crippen LogP contribution in [-0.4, -0.2) is 47.2 Å². The maximum atomic E-state index is 12.6. The number of anilines is 2.